The van der Waals surface area contributed by atoms with Gasteiger partial charge in [0, 0.05) is 12.1 Å². The maximum atomic E-state index is 11.8. The summed E-state index contributed by atoms with van der Waals surface area (Å²) in [5.41, 5.74) is 0.192. The molecule has 0 saturated heterocycles. The van der Waals surface area contributed by atoms with E-state index in [2.05, 4.69) is 10.6 Å². The van der Waals surface area contributed by atoms with Gasteiger partial charge in [0.25, 0.3) is 0 Å². The molecule has 0 aliphatic carbocycles. The zero-order chi connectivity index (χ0) is 19.0. The minimum Gasteiger partial charge on any atom is -0.466 e. The van der Waals surface area contributed by atoms with Crippen LogP contribution in [-0.2, 0) is 19.1 Å². The lowest BCUT2D eigenvalue weighted by molar-refractivity contribution is -0.144. The Bertz CT molecular complexity index is 640. The van der Waals surface area contributed by atoms with Crippen LogP contribution >= 0.6 is 11.6 Å². The average molecular weight is 371 g/mol. The maximum Gasteiger partial charge on any atom is 0.412 e. The second-order valence-electron chi connectivity index (χ2n) is 6.17. The summed E-state index contributed by atoms with van der Waals surface area (Å²) in [7, 11) is 0. The molecule has 0 spiro atoms. The van der Waals surface area contributed by atoms with Crippen LogP contribution in [0.4, 0.5) is 16.2 Å². The van der Waals surface area contributed by atoms with E-state index in [0.717, 1.165) is 0 Å². The second-order valence-corrected chi connectivity index (χ2v) is 6.58. The Labute approximate surface area is 152 Å². The van der Waals surface area contributed by atoms with Crippen LogP contribution < -0.4 is 10.6 Å². The Kier molecular flexibility index (Phi) is 7.70. The van der Waals surface area contributed by atoms with Gasteiger partial charge in [0.15, 0.2) is 0 Å². The Balaban J connectivity index is 2.59. The number of hydrogen-bond acceptors (Lipinski definition) is 5. The number of amides is 2. The molecule has 25 heavy (non-hydrogen) atoms. The predicted molar refractivity (Wildman–Crippen MR) is 95.8 cm³/mol. The zero-order valence-electron chi connectivity index (χ0n) is 14.8. The van der Waals surface area contributed by atoms with Crippen LogP contribution in [0.1, 0.15) is 40.5 Å². The Morgan fingerprint density at radius 3 is 2.36 bits per heavy atom. The van der Waals surface area contributed by atoms with Crippen LogP contribution in [0.5, 0.6) is 0 Å². The van der Waals surface area contributed by atoms with Crippen LogP contribution in [0.25, 0.3) is 0 Å². The highest BCUT2D eigenvalue weighted by molar-refractivity contribution is 6.34. The van der Waals surface area contributed by atoms with E-state index in [4.69, 9.17) is 21.1 Å². The summed E-state index contributed by atoms with van der Waals surface area (Å²) in [6, 6.07) is 4.63. The van der Waals surface area contributed by atoms with Crippen molar-refractivity contribution in [3.05, 3.63) is 23.2 Å². The Hall–Kier alpha value is -2.28. The van der Waals surface area contributed by atoms with Gasteiger partial charge in [-0.05, 0) is 45.9 Å². The second kappa shape index (κ2) is 9.27. The minimum absolute atomic E-state index is 0.00564. The van der Waals surface area contributed by atoms with Crippen LogP contribution in [0.15, 0.2) is 18.2 Å². The first-order chi connectivity index (χ1) is 11.6. The molecular formula is C17H23ClN2O5. The van der Waals surface area contributed by atoms with Gasteiger partial charge in [-0.25, -0.2) is 4.79 Å². The summed E-state index contributed by atoms with van der Waals surface area (Å²) in [4.78, 5) is 34.8. The lowest BCUT2D eigenvalue weighted by Gasteiger charge is -2.20. The number of carbonyl (C=O) groups is 3. The molecule has 0 aliphatic heterocycles. The number of anilines is 2. The number of hydrogen-bond donors (Lipinski definition) is 2. The van der Waals surface area contributed by atoms with Gasteiger partial charge in [0.1, 0.15) is 5.60 Å². The summed E-state index contributed by atoms with van der Waals surface area (Å²) in [5.74, 6) is -0.760. The molecular weight excluding hydrogens is 348 g/mol. The monoisotopic (exact) mass is 370 g/mol. The summed E-state index contributed by atoms with van der Waals surface area (Å²) >= 11 is 6.10. The molecule has 1 aromatic rings. The summed E-state index contributed by atoms with van der Waals surface area (Å²) < 4.78 is 9.90. The predicted octanol–water partition coefficient (Wildman–Crippen LogP) is 3.97. The SMILES string of the molecule is CCOC(=O)CCC(=O)Nc1ccc(NC(=O)OC(C)(C)C)c(Cl)c1. The highest BCUT2D eigenvalue weighted by atomic mass is 35.5. The molecule has 2 amide bonds. The van der Waals surface area contributed by atoms with Crippen molar-refractivity contribution in [3.8, 4) is 0 Å². The fourth-order valence-electron chi connectivity index (χ4n) is 1.78. The van der Waals surface area contributed by atoms with E-state index in [1.165, 1.54) is 6.07 Å². The van der Waals surface area contributed by atoms with Crippen LogP contribution in [-0.4, -0.2) is 30.2 Å². The topological polar surface area (TPSA) is 93.7 Å². The molecule has 2 N–H and O–H groups in total. The molecule has 1 aromatic carbocycles. The molecule has 0 heterocycles. The molecule has 0 unspecified atom stereocenters. The molecule has 0 aromatic heterocycles. The quantitative estimate of drug-likeness (QED) is 0.739. The van der Waals surface area contributed by atoms with Gasteiger partial charge in [-0.2, -0.15) is 0 Å². The molecule has 8 heteroatoms. The van der Waals surface area contributed by atoms with Gasteiger partial charge < -0.3 is 14.8 Å². The third-order valence-electron chi connectivity index (χ3n) is 2.75. The van der Waals surface area contributed by atoms with Crippen molar-refractivity contribution in [2.24, 2.45) is 0 Å². The third kappa shape index (κ3) is 8.39. The normalized spacial score (nSPS) is 10.8. The van der Waals surface area contributed by atoms with Crippen molar-refractivity contribution in [1.82, 2.24) is 0 Å². The Morgan fingerprint density at radius 2 is 1.80 bits per heavy atom. The average Bonchev–Trinajstić information content (AvgIpc) is 2.46. The summed E-state index contributed by atoms with van der Waals surface area (Å²) in [5, 5.41) is 5.40. The number of nitrogens with one attached hydrogen (secondary N) is 2. The van der Waals surface area contributed by atoms with Crippen molar-refractivity contribution in [2.75, 3.05) is 17.2 Å². The lowest BCUT2D eigenvalue weighted by Crippen LogP contribution is -2.27. The van der Waals surface area contributed by atoms with E-state index < -0.39 is 17.7 Å². The third-order valence-corrected chi connectivity index (χ3v) is 3.06. The van der Waals surface area contributed by atoms with Crippen molar-refractivity contribution < 1.29 is 23.9 Å². The highest BCUT2D eigenvalue weighted by Gasteiger charge is 2.17. The lowest BCUT2D eigenvalue weighted by atomic mass is 10.2. The van der Waals surface area contributed by atoms with Gasteiger partial charge in [-0.1, -0.05) is 11.6 Å². The van der Waals surface area contributed by atoms with E-state index in [1.807, 2.05) is 0 Å². The van der Waals surface area contributed by atoms with Crippen LogP contribution in [0.2, 0.25) is 5.02 Å². The van der Waals surface area contributed by atoms with E-state index in [1.54, 1.807) is 39.8 Å². The number of benzene rings is 1. The number of halogens is 1. The number of carbonyl (C=O) groups excluding carboxylic acids is 3. The molecule has 138 valence electrons. The molecule has 1 rings (SSSR count). The summed E-state index contributed by atoms with van der Waals surface area (Å²) in [6.07, 6.45) is -0.610. The molecule has 0 radical (unpaired) electrons. The largest absolute Gasteiger partial charge is 0.466 e. The first-order valence-corrected chi connectivity index (χ1v) is 8.23. The maximum absolute atomic E-state index is 11.8. The fraction of sp³-hybridized carbons (Fsp3) is 0.471. The molecule has 0 saturated carbocycles. The minimum atomic E-state index is -0.624. The first-order valence-electron chi connectivity index (χ1n) is 7.85. The number of ether oxygens (including phenoxy) is 2. The first kappa shape index (κ1) is 20.8. The van der Waals surface area contributed by atoms with Crippen molar-refractivity contribution >= 4 is 40.9 Å². The molecule has 0 bridgehead atoms. The van der Waals surface area contributed by atoms with Gasteiger partial charge in [0.05, 0.1) is 23.7 Å². The number of rotatable bonds is 6. The smallest absolute Gasteiger partial charge is 0.412 e. The molecule has 0 atom stereocenters. The standard InChI is InChI=1S/C17H23ClN2O5/c1-5-24-15(22)9-8-14(21)19-11-6-7-13(12(18)10-11)20-16(23)25-17(2,3)4/h6-7,10H,5,8-9H2,1-4H3,(H,19,21)(H,20,23). The van der Waals surface area contributed by atoms with Crippen molar-refractivity contribution in [2.45, 2.75) is 46.1 Å². The van der Waals surface area contributed by atoms with Gasteiger partial charge in [-0.15, -0.1) is 0 Å². The molecule has 0 fully saturated rings. The van der Waals surface area contributed by atoms with Gasteiger partial charge in [-0.3, -0.25) is 14.9 Å². The highest BCUT2D eigenvalue weighted by Crippen LogP contribution is 2.26. The van der Waals surface area contributed by atoms with Gasteiger partial charge in [0.2, 0.25) is 5.91 Å². The molecule has 0 aliphatic rings. The van der Waals surface area contributed by atoms with E-state index in [0.29, 0.717) is 11.4 Å². The summed E-state index contributed by atoms with van der Waals surface area (Å²) in [6.45, 7) is 7.24. The van der Waals surface area contributed by atoms with Gasteiger partial charge >= 0.3 is 12.1 Å². The van der Waals surface area contributed by atoms with E-state index in [-0.39, 0.29) is 30.4 Å². The van der Waals surface area contributed by atoms with Crippen molar-refractivity contribution in [3.63, 3.8) is 0 Å². The molecule has 7 nitrogen and oxygen atoms in total. The van der Waals surface area contributed by atoms with Crippen molar-refractivity contribution in [1.29, 1.82) is 0 Å². The van der Waals surface area contributed by atoms with Crippen LogP contribution in [0.3, 0.4) is 0 Å². The van der Waals surface area contributed by atoms with Crippen LogP contribution in [0, 0.1) is 0 Å². The Morgan fingerprint density at radius 1 is 1.12 bits per heavy atom. The fourth-order valence-corrected chi connectivity index (χ4v) is 2.01. The van der Waals surface area contributed by atoms with E-state index in [9.17, 15) is 14.4 Å². The zero-order valence-corrected chi connectivity index (χ0v) is 15.5. The number of esters is 1. The van der Waals surface area contributed by atoms with E-state index >= 15 is 0 Å².